The molecule has 0 saturated carbocycles. The van der Waals surface area contributed by atoms with Crippen molar-refractivity contribution < 1.29 is 9.84 Å². The van der Waals surface area contributed by atoms with Gasteiger partial charge in [-0.1, -0.05) is 6.07 Å². The number of aliphatic hydroxyl groups is 1. The summed E-state index contributed by atoms with van der Waals surface area (Å²) in [5.41, 5.74) is 1.26. The molecule has 0 spiro atoms. The summed E-state index contributed by atoms with van der Waals surface area (Å²) in [5.74, 6) is 0.945. The Morgan fingerprint density at radius 2 is 2.21 bits per heavy atom. The number of aryl methyl sites for hydroxylation is 1. The van der Waals surface area contributed by atoms with E-state index in [0.29, 0.717) is 6.61 Å². The van der Waals surface area contributed by atoms with Gasteiger partial charge in [-0.05, 0) is 60.1 Å². The molecule has 1 rings (SSSR count). The van der Waals surface area contributed by atoms with E-state index in [0.717, 1.165) is 22.2 Å². The van der Waals surface area contributed by atoms with E-state index in [2.05, 4.69) is 34.7 Å². The molecule has 0 atom stereocenters. The van der Waals surface area contributed by atoms with E-state index in [1.807, 2.05) is 13.0 Å². The number of hydrogen-bond acceptors (Lipinski definition) is 2. The minimum atomic E-state index is 0.254. The summed E-state index contributed by atoms with van der Waals surface area (Å²) in [4.78, 5) is 0. The number of halogens is 1. The molecule has 2 nitrogen and oxygen atoms in total. The smallest absolute Gasteiger partial charge is 0.132 e. The van der Waals surface area contributed by atoms with Crippen molar-refractivity contribution in [2.45, 2.75) is 19.8 Å². The highest BCUT2D eigenvalue weighted by Crippen LogP contribution is 2.22. The van der Waals surface area contributed by atoms with Gasteiger partial charge in [0.05, 0.1) is 10.2 Å². The van der Waals surface area contributed by atoms with Crippen LogP contribution in [0.15, 0.2) is 18.2 Å². The molecule has 0 bridgehead atoms. The molecule has 78 valence electrons. The zero-order valence-corrected chi connectivity index (χ0v) is 10.5. The Morgan fingerprint density at radius 3 is 2.79 bits per heavy atom. The van der Waals surface area contributed by atoms with Crippen LogP contribution in [-0.4, -0.2) is 18.3 Å². The highest BCUT2D eigenvalue weighted by Gasteiger charge is 2.01. The van der Waals surface area contributed by atoms with Gasteiger partial charge in [-0.25, -0.2) is 0 Å². The van der Waals surface area contributed by atoms with E-state index in [9.17, 15) is 0 Å². The predicted octanol–water partition coefficient (Wildman–Crippen LogP) is 2.61. The Balaban J connectivity index is 2.68. The zero-order chi connectivity index (χ0) is 10.4. The van der Waals surface area contributed by atoms with Gasteiger partial charge in [0.1, 0.15) is 5.75 Å². The van der Waals surface area contributed by atoms with Gasteiger partial charge in [-0.3, -0.25) is 0 Å². The SMILES string of the molecule is CCOc1ccc(CCCO)cc1I. The molecule has 0 aliphatic rings. The van der Waals surface area contributed by atoms with E-state index in [4.69, 9.17) is 9.84 Å². The van der Waals surface area contributed by atoms with E-state index in [1.54, 1.807) is 0 Å². The Hall–Kier alpha value is -0.290. The maximum Gasteiger partial charge on any atom is 0.132 e. The van der Waals surface area contributed by atoms with Gasteiger partial charge < -0.3 is 9.84 Å². The maximum absolute atomic E-state index is 8.71. The largest absolute Gasteiger partial charge is 0.493 e. The van der Waals surface area contributed by atoms with Crippen molar-refractivity contribution in [2.75, 3.05) is 13.2 Å². The van der Waals surface area contributed by atoms with Crippen LogP contribution < -0.4 is 4.74 Å². The fraction of sp³-hybridized carbons (Fsp3) is 0.455. The van der Waals surface area contributed by atoms with Crippen molar-refractivity contribution in [2.24, 2.45) is 0 Å². The van der Waals surface area contributed by atoms with Crippen molar-refractivity contribution in [3.05, 3.63) is 27.3 Å². The van der Waals surface area contributed by atoms with Crippen LogP contribution in [0.4, 0.5) is 0 Å². The van der Waals surface area contributed by atoms with Gasteiger partial charge in [0, 0.05) is 6.61 Å². The molecular weight excluding hydrogens is 291 g/mol. The lowest BCUT2D eigenvalue weighted by molar-refractivity contribution is 0.288. The van der Waals surface area contributed by atoms with Crippen molar-refractivity contribution in [3.63, 3.8) is 0 Å². The number of hydrogen-bond donors (Lipinski definition) is 1. The van der Waals surface area contributed by atoms with Gasteiger partial charge in [-0.2, -0.15) is 0 Å². The highest BCUT2D eigenvalue weighted by molar-refractivity contribution is 14.1. The molecule has 0 radical (unpaired) electrons. The molecular formula is C11H15IO2. The average Bonchev–Trinajstić information content (AvgIpc) is 2.19. The Kier molecular flexibility index (Phi) is 5.25. The number of aliphatic hydroxyl groups excluding tert-OH is 1. The molecule has 0 heterocycles. The molecule has 0 amide bonds. The Bertz CT molecular complexity index is 287. The van der Waals surface area contributed by atoms with Crippen LogP contribution >= 0.6 is 22.6 Å². The minimum absolute atomic E-state index is 0.254. The second-order valence-electron chi connectivity index (χ2n) is 3.02. The topological polar surface area (TPSA) is 29.5 Å². The summed E-state index contributed by atoms with van der Waals surface area (Å²) in [6.45, 7) is 2.94. The number of rotatable bonds is 5. The van der Waals surface area contributed by atoms with Crippen molar-refractivity contribution >= 4 is 22.6 Å². The molecule has 0 saturated heterocycles. The molecule has 14 heavy (non-hydrogen) atoms. The molecule has 0 fully saturated rings. The van der Waals surface area contributed by atoms with Crippen LogP contribution in [-0.2, 0) is 6.42 Å². The average molecular weight is 306 g/mol. The summed E-state index contributed by atoms with van der Waals surface area (Å²) < 4.78 is 6.58. The van der Waals surface area contributed by atoms with Gasteiger partial charge in [0.15, 0.2) is 0 Å². The molecule has 3 heteroatoms. The summed E-state index contributed by atoms with van der Waals surface area (Å²) in [6.07, 6.45) is 1.75. The first kappa shape index (κ1) is 11.8. The first-order chi connectivity index (χ1) is 6.77. The van der Waals surface area contributed by atoms with E-state index in [-0.39, 0.29) is 6.61 Å². The first-order valence-corrected chi connectivity index (χ1v) is 5.88. The fourth-order valence-electron chi connectivity index (χ4n) is 1.26. The third-order valence-corrected chi connectivity index (χ3v) is 2.76. The predicted molar refractivity (Wildman–Crippen MR) is 65.7 cm³/mol. The molecule has 0 unspecified atom stereocenters. The maximum atomic E-state index is 8.71. The van der Waals surface area contributed by atoms with Crippen LogP contribution in [0, 0.1) is 3.57 Å². The first-order valence-electron chi connectivity index (χ1n) is 4.80. The molecule has 1 N–H and O–H groups in total. The van der Waals surface area contributed by atoms with Crippen molar-refractivity contribution in [3.8, 4) is 5.75 Å². The summed E-state index contributed by atoms with van der Waals surface area (Å²) in [7, 11) is 0. The van der Waals surface area contributed by atoms with Crippen molar-refractivity contribution in [1.82, 2.24) is 0 Å². The normalized spacial score (nSPS) is 10.2. The third kappa shape index (κ3) is 3.46. The van der Waals surface area contributed by atoms with Crippen LogP contribution in [0.1, 0.15) is 18.9 Å². The second kappa shape index (κ2) is 6.24. The zero-order valence-electron chi connectivity index (χ0n) is 8.29. The summed E-state index contributed by atoms with van der Waals surface area (Å²) in [5, 5.41) is 8.71. The van der Waals surface area contributed by atoms with E-state index >= 15 is 0 Å². The molecule has 0 aromatic heterocycles. The van der Waals surface area contributed by atoms with Crippen molar-refractivity contribution in [1.29, 1.82) is 0 Å². The lowest BCUT2D eigenvalue weighted by Gasteiger charge is -2.07. The Labute approximate surface area is 98.4 Å². The quantitative estimate of drug-likeness (QED) is 0.848. The molecule has 0 aliphatic carbocycles. The summed E-state index contributed by atoms with van der Waals surface area (Å²) in [6, 6.07) is 6.17. The monoisotopic (exact) mass is 306 g/mol. The van der Waals surface area contributed by atoms with Gasteiger partial charge in [0.2, 0.25) is 0 Å². The lowest BCUT2D eigenvalue weighted by atomic mass is 10.1. The van der Waals surface area contributed by atoms with E-state index in [1.165, 1.54) is 5.56 Å². The van der Waals surface area contributed by atoms with Gasteiger partial charge in [-0.15, -0.1) is 0 Å². The number of ether oxygens (including phenoxy) is 1. The number of benzene rings is 1. The minimum Gasteiger partial charge on any atom is -0.493 e. The standard InChI is InChI=1S/C11H15IO2/c1-2-14-11-6-5-9(4-3-7-13)8-10(11)12/h5-6,8,13H,2-4,7H2,1H3. The van der Waals surface area contributed by atoms with Crippen LogP contribution in [0.2, 0.25) is 0 Å². The Morgan fingerprint density at radius 1 is 1.43 bits per heavy atom. The van der Waals surface area contributed by atoms with Gasteiger partial charge in [0.25, 0.3) is 0 Å². The fourth-order valence-corrected chi connectivity index (χ4v) is 1.99. The van der Waals surface area contributed by atoms with E-state index < -0.39 is 0 Å². The molecule has 0 aliphatic heterocycles. The van der Waals surface area contributed by atoms with Gasteiger partial charge >= 0.3 is 0 Å². The highest BCUT2D eigenvalue weighted by atomic mass is 127. The van der Waals surface area contributed by atoms with Crippen LogP contribution in [0.5, 0.6) is 5.75 Å². The third-order valence-electron chi connectivity index (χ3n) is 1.92. The second-order valence-corrected chi connectivity index (χ2v) is 4.19. The van der Waals surface area contributed by atoms with Crippen LogP contribution in [0.3, 0.4) is 0 Å². The molecule has 1 aromatic rings. The van der Waals surface area contributed by atoms with Crippen LogP contribution in [0.25, 0.3) is 0 Å². The lowest BCUT2D eigenvalue weighted by Crippen LogP contribution is -1.95. The summed E-state index contributed by atoms with van der Waals surface area (Å²) >= 11 is 2.27. The molecule has 1 aromatic carbocycles.